The summed E-state index contributed by atoms with van der Waals surface area (Å²) in [5.74, 6) is -2.96. The first-order valence-corrected chi connectivity index (χ1v) is 4.94. The molecule has 0 aliphatic rings. The van der Waals surface area contributed by atoms with Crippen molar-refractivity contribution in [2.75, 3.05) is 13.2 Å². The molecule has 0 spiro atoms. The third-order valence-electron chi connectivity index (χ3n) is 1.72. The van der Waals surface area contributed by atoms with Crippen LogP contribution < -0.4 is 0 Å². The topological polar surface area (TPSA) is 89.9 Å². The molecule has 0 aliphatic heterocycles. The summed E-state index contributed by atoms with van der Waals surface area (Å²) in [6.45, 7) is 4.38. The molecule has 0 saturated carbocycles. The van der Waals surface area contributed by atoms with Crippen molar-refractivity contribution in [2.24, 2.45) is 0 Å². The average Bonchev–Trinajstić information content (AvgIpc) is 2.17. The van der Waals surface area contributed by atoms with E-state index in [4.69, 9.17) is 0 Å². The molecule has 1 N–H and O–H groups in total. The second-order valence-corrected chi connectivity index (χ2v) is 3.31. The lowest BCUT2D eigenvalue weighted by molar-refractivity contribution is -0.167. The first-order chi connectivity index (χ1) is 7.35. The minimum atomic E-state index is -2.00. The van der Waals surface area contributed by atoms with Crippen LogP contribution in [0.2, 0.25) is 0 Å². The monoisotopic (exact) mass is 232 g/mol. The predicted molar refractivity (Wildman–Crippen MR) is 53.5 cm³/mol. The molecule has 1 unspecified atom stereocenters. The molecule has 6 nitrogen and oxygen atoms in total. The van der Waals surface area contributed by atoms with Crippen molar-refractivity contribution in [3.63, 3.8) is 0 Å². The van der Waals surface area contributed by atoms with E-state index in [1.165, 1.54) is 0 Å². The molecule has 0 heterocycles. The molecule has 0 rings (SSSR count). The maximum absolute atomic E-state index is 11.2. The van der Waals surface area contributed by atoms with Crippen molar-refractivity contribution in [1.82, 2.24) is 0 Å². The van der Waals surface area contributed by atoms with Gasteiger partial charge in [0.2, 0.25) is 5.78 Å². The highest BCUT2D eigenvalue weighted by Gasteiger charge is 2.36. The second-order valence-electron chi connectivity index (χ2n) is 3.31. The van der Waals surface area contributed by atoms with E-state index < -0.39 is 29.7 Å². The molecule has 0 amide bonds. The summed E-state index contributed by atoms with van der Waals surface area (Å²) in [5, 5.41) is 9.60. The Morgan fingerprint density at radius 2 is 1.62 bits per heavy atom. The SMILES string of the molecule is CCOC(=O)C(=O)CC(C)(O)C(=O)OCC. The van der Waals surface area contributed by atoms with E-state index in [0.29, 0.717) is 0 Å². The number of ether oxygens (including phenoxy) is 2. The Balaban J connectivity index is 4.41. The van der Waals surface area contributed by atoms with Crippen molar-refractivity contribution in [3.8, 4) is 0 Å². The lowest BCUT2D eigenvalue weighted by atomic mass is 10.00. The summed E-state index contributed by atoms with van der Waals surface area (Å²) in [6.07, 6.45) is -0.648. The fraction of sp³-hybridized carbons (Fsp3) is 0.700. The van der Waals surface area contributed by atoms with Gasteiger partial charge in [0.1, 0.15) is 0 Å². The first kappa shape index (κ1) is 14.6. The molecule has 0 bridgehead atoms. The van der Waals surface area contributed by atoms with Gasteiger partial charge in [-0.1, -0.05) is 0 Å². The van der Waals surface area contributed by atoms with Crippen molar-refractivity contribution in [2.45, 2.75) is 32.8 Å². The highest BCUT2D eigenvalue weighted by atomic mass is 16.6. The molecular formula is C10H16O6. The van der Waals surface area contributed by atoms with Crippen LogP contribution in [0.25, 0.3) is 0 Å². The van der Waals surface area contributed by atoms with Crippen LogP contribution in [0.15, 0.2) is 0 Å². The number of ketones is 1. The van der Waals surface area contributed by atoms with Crippen LogP contribution in [0, 0.1) is 0 Å². The van der Waals surface area contributed by atoms with E-state index in [1.807, 2.05) is 0 Å². The number of Topliss-reactive ketones (excluding diaryl/α,β-unsaturated/α-hetero) is 1. The van der Waals surface area contributed by atoms with Crippen molar-refractivity contribution >= 4 is 17.7 Å². The second kappa shape index (κ2) is 6.22. The zero-order chi connectivity index (χ0) is 12.8. The molecule has 0 saturated heterocycles. The van der Waals surface area contributed by atoms with Gasteiger partial charge >= 0.3 is 11.9 Å². The van der Waals surface area contributed by atoms with Crippen molar-refractivity contribution < 1.29 is 29.0 Å². The van der Waals surface area contributed by atoms with E-state index in [2.05, 4.69) is 9.47 Å². The zero-order valence-electron chi connectivity index (χ0n) is 9.61. The Labute approximate surface area is 93.5 Å². The van der Waals surface area contributed by atoms with Gasteiger partial charge in [0, 0.05) is 0 Å². The number of hydrogen-bond acceptors (Lipinski definition) is 6. The van der Waals surface area contributed by atoms with Crippen LogP contribution in [0.3, 0.4) is 0 Å². The van der Waals surface area contributed by atoms with Crippen LogP contribution in [0.5, 0.6) is 0 Å². The molecule has 0 aliphatic carbocycles. The van der Waals surface area contributed by atoms with Crippen LogP contribution >= 0.6 is 0 Å². The average molecular weight is 232 g/mol. The van der Waals surface area contributed by atoms with Gasteiger partial charge in [-0.2, -0.15) is 0 Å². The summed E-state index contributed by atoms with van der Waals surface area (Å²) >= 11 is 0. The molecule has 16 heavy (non-hydrogen) atoms. The van der Waals surface area contributed by atoms with Crippen LogP contribution in [0.1, 0.15) is 27.2 Å². The summed E-state index contributed by atoms with van der Waals surface area (Å²) in [7, 11) is 0. The Kier molecular flexibility index (Phi) is 5.66. The summed E-state index contributed by atoms with van der Waals surface area (Å²) in [6, 6.07) is 0. The van der Waals surface area contributed by atoms with Gasteiger partial charge in [-0.3, -0.25) is 4.79 Å². The summed E-state index contributed by atoms with van der Waals surface area (Å²) in [5.41, 5.74) is -2.00. The highest BCUT2D eigenvalue weighted by molar-refractivity contribution is 6.34. The number of rotatable bonds is 6. The number of hydrogen-bond donors (Lipinski definition) is 1. The molecule has 6 heteroatoms. The normalized spacial score (nSPS) is 13.8. The van der Waals surface area contributed by atoms with Gasteiger partial charge in [-0.05, 0) is 20.8 Å². The fourth-order valence-corrected chi connectivity index (χ4v) is 0.955. The highest BCUT2D eigenvalue weighted by Crippen LogP contribution is 2.12. The summed E-state index contributed by atoms with van der Waals surface area (Å²) < 4.78 is 8.99. The third-order valence-corrected chi connectivity index (χ3v) is 1.72. The Morgan fingerprint density at radius 3 is 2.06 bits per heavy atom. The van der Waals surface area contributed by atoms with E-state index in [9.17, 15) is 19.5 Å². The maximum atomic E-state index is 11.2. The molecule has 0 aromatic rings. The van der Waals surface area contributed by atoms with Gasteiger partial charge in [0.15, 0.2) is 5.60 Å². The van der Waals surface area contributed by atoms with Gasteiger partial charge < -0.3 is 14.6 Å². The Hall–Kier alpha value is -1.43. The lowest BCUT2D eigenvalue weighted by Crippen LogP contribution is -2.40. The number of carbonyl (C=O) groups excluding carboxylic acids is 3. The summed E-state index contributed by atoms with van der Waals surface area (Å²) in [4.78, 5) is 33.4. The maximum Gasteiger partial charge on any atom is 0.374 e. The first-order valence-electron chi connectivity index (χ1n) is 4.94. The minimum Gasteiger partial charge on any atom is -0.464 e. The molecular weight excluding hydrogens is 216 g/mol. The van der Waals surface area contributed by atoms with Crippen molar-refractivity contribution in [3.05, 3.63) is 0 Å². The van der Waals surface area contributed by atoms with Crippen LogP contribution in [0.4, 0.5) is 0 Å². The molecule has 0 aromatic heterocycles. The zero-order valence-corrected chi connectivity index (χ0v) is 9.61. The molecule has 0 radical (unpaired) electrons. The lowest BCUT2D eigenvalue weighted by Gasteiger charge is -2.19. The molecule has 0 aromatic carbocycles. The third kappa shape index (κ3) is 4.39. The quantitative estimate of drug-likeness (QED) is 0.505. The van der Waals surface area contributed by atoms with E-state index in [1.54, 1.807) is 13.8 Å². The van der Waals surface area contributed by atoms with Crippen molar-refractivity contribution in [1.29, 1.82) is 0 Å². The van der Waals surface area contributed by atoms with Crippen LogP contribution in [-0.4, -0.2) is 41.6 Å². The number of carbonyl (C=O) groups is 3. The number of esters is 2. The Bertz CT molecular complexity index is 281. The fourth-order valence-electron chi connectivity index (χ4n) is 0.955. The Morgan fingerprint density at radius 1 is 1.12 bits per heavy atom. The van der Waals surface area contributed by atoms with Gasteiger partial charge in [-0.15, -0.1) is 0 Å². The standard InChI is InChI=1S/C10H16O6/c1-4-15-8(12)7(11)6-10(3,14)9(13)16-5-2/h14H,4-6H2,1-3H3. The van der Waals surface area contributed by atoms with E-state index >= 15 is 0 Å². The van der Waals surface area contributed by atoms with Gasteiger partial charge in [0.25, 0.3) is 0 Å². The number of aliphatic hydroxyl groups is 1. The van der Waals surface area contributed by atoms with Gasteiger partial charge in [-0.25, -0.2) is 9.59 Å². The van der Waals surface area contributed by atoms with Crippen LogP contribution in [-0.2, 0) is 23.9 Å². The largest absolute Gasteiger partial charge is 0.464 e. The molecule has 0 fully saturated rings. The minimum absolute atomic E-state index is 0.0616. The predicted octanol–water partition coefficient (Wildman–Crippen LogP) is -0.177. The van der Waals surface area contributed by atoms with E-state index in [-0.39, 0.29) is 13.2 Å². The molecule has 1 atom stereocenters. The van der Waals surface area contributed by atoms with Gasteiger partial charge in [0.05, 0.1) is 19.6 Å². The van der Waals surface area contributed by atoms with E-state index in [0.717, 1.165) is 6.92 Å². The molecule has 92 valence electrons. The smallest absolute Gasteiger partial charge is 0.374 e.